The summed E-state index contributed by atoms with van der Waals surface area (Å²) in [5.41, 5.74) is 3.50. The van der Waals surface area contributed by atoms with E-state index >= 15 is 0 Å². The quantitative estimate of drug-likeness (QED) is 0.849. The van der Waals surface area contributed by atoms with Gasteiger partial charge in [-0.25, -0.2) is 0 Å². The van der Waals surface area contributed by atoms with Gasteiger partial charge in [0.05, 0.1) is 17.9 Å². The third kappa shape index (κ3) is 2.42. The normalized spacial score (nSPS) is 10.4. The molecule has 0 aliphatic carbocycles. The van der Waals surface area contributed by atoms with Crippen LogP contribution in [0, 0.1) is 0 Å². The maximum Gasteiger partial charge on any atom is 0.0625 e. The molecule has 3 nitrogen and oxygen atoms in total. The van der Waals surface area contributed by atoms with Crippen molar-refractivity contribution in [3.8, 4) is 0 Å². The topological polar surface area (TPSA) is 29.9 Å². The maximum atomic E-state index is 4.42. The van der Waals surface area contributed by atoms with Crippen LogP contribution in [-0.2, 0) is 20.0 Å². The summed E-state index contributed by atoms with van der Waals surface area (Å²) in [5.74, 6) is 0. The maximum absolute atomic E-state index is 4.42. The zero-order valence-corrected chi connectivity index (χ0v) is 9.77. The van der Waals surface area contributed by atoms with Crippen LogP contribution in [0.25, 0.3) is 0 Å². The zero-order chi connectivity index (χ0) is 11.4. The smallest absolute Gasteiger partial charge is 0.0625 e. The van der Waals surface area contributed by atoms with E-state index in [0.29, 0.717) is 0 Å². The molecule has 0 amide bonds. The molecule has 16 heavy (non-hydrogen) atoms. The molecule has 84 valence electrons. The fourth-order valence-corrected chi connectivity index (χ4v) is 1.66. The van der Waals surface area contributed by atoms with Crippen molar-refractivity contribution in [2.45, 2.75) is 19.9 Å². The summed E-state index contributed by atoms with van der Waals surface area (Å²) in [6.45, 7) is 2.93. The summed E-state index contributed by atoms with van der Waals surface area (Å²) in [4.78, 5) is 0. The molecule has 1 aromatic carbocycles. The summed E-state index contributed by atoms with van der Waals surface area (Å²) in [6, 6.07) is 12.4. The molecule has 3 heteroatoms. The molecule has 0 unspecified atom stereocenters. The Bertz CT molecular complexity index is 445. The van der Waals surface area contributed by atoms with E-state index in [1.807, 2.05) is 29.9 Å². The van der Waals surface area contributed by atoms with Gasteiger partial charge < -0.3 is 5.32 Å². The van der Waals surface area contributed by atoms with Gasteiger partial charge in [0.25, 0.3) is 0 Å². The van der Waals surface area contributed by atoms with Crippen LogP contribution in [-0.4, -0.2) is 9.78 Å². The van der Waals surface area contributed by atoms with E-state index in [1.54, 1.807) is 0 Å². The lowest BCUT2D eigenvalue weighted by atomic mass is 10.3. The van der Waals surface area contributed by atoms with Crippen LogP contribution in [0.15, 0.2) is 36.4 Å². The summed E-state index contributed by atoms with van der Waals surface area (Å²) in [5, 5.41) is 7.80. The fourth-order valence-electron chi connectivity index (χ4n) is 1.66. The summed E-state index contributed by atoms with van der Waals surface area (Å²) in [7, 11) is 1.99. The van der Waals surface area contributed by atoms with Crippen LogP contribution in [0.1, 0.15) is 18.3 Å². The molecular formula is C13H17N3. The Hall–Kier alpha value is -1.77. The van der Waals surface area contributed by atoms with Gasteiger partial charge in [0.15, 0.2) is 0 Å². The second-order valence-electron chi connectivity index (χ2n) is 3.82. The van der Waals surface area contributed by atoms with Crippen molar-refractivity contribution in [2.24, 2.45) is 7.05 Å². The van der Waals surface area contributed by atoms with Crippen molar-refractivity contribution in [2.75, 3.05) is 5.32 Å². The van der Waals surface area contributed by atoms with Crippen LogP contribution < -0.4 is 5.32 Å². The van der Waals surface area contributed by atoms with Gasteiger partial charge in [-0.1, -0.05) is 25.1 Å². The molecule has 1 N–H and O–H groups in total. The van der Waals surface area contributed by atoms with E-state index in [0.717, 1.165) is 24.3 Å². The summed E-state index contributed by atoms with van der Waals surface area (Å²) in [6.07, 6.45) is 0.985. The van der Waals surface area contributed by atoms with E-state index in [2.05, 4.69) is 35.5 Å². The largest absolute Gasteiger partial charge is 0.379 e. The highest BCUT2D eigenvalue weighted by Gasteiger charge is 2.02. The minimum atomic E-state index is 0.813. The highest BCUT2D eigenvalue weighted by Crippen LogP contribution is 2.09. The summed E-state index contributed by atoms with van der Waals surface area (Å²) < 4.78 is 1.94. The highest BCUT2D eigenvalue weighted by molar-refractivity contribution is 5.42. The van der Waals surface area contributed by atoms with Crippen molar-refractivity contribution >= 4 is 5.69 Å². The number of aromatic nitrogens is 2. The van der Waals surface area contributed by atoms with Gasteiger partial charge in [-0.3, -0.25) is 4.68 Å². The number of aryl methyl sites for hydroxylation is 2. The Kier molecular flexibility index (Phi) is 3.25. The minimum Gasteiger partial charge on any atom is -0.379 e. The van der Waals surface area contributed by atoms with Gasteiger partial charge in [-0.15, -0.1) is 0 Å². The number of hydrogen-bond donors (Lipinski definition) is 1. The number of hydrogen-bond acceptors (Lipinski definition) is 2. The SMILES string of the molecule is CCc1cc(CNc2ccccc2)n(C)n1. The van der Waals surface area contributed by atoms with Crippen molar-refractivity contribution < 1.29 is 0 Å². The van der Waals surface area contributed by atoms with Crippen LogP contribution in [0.4, 0.5) is 5.69 Å². The first kappa shape index (κ1) is 10.7. The average molecular weight is 215 g/mol. The van der Waals surface area contributed by atoms with Crippen LogP contribution in [0.3, 0.4) is 0 Å². The molecule has 0 saturated carbocycles. The number of benzene rings is 1. The molecule has 2 aromatic rings. The van der Waals surface area contributed by atoms with Gasteiger partial charge in [0.1, 0.15) is 0 Å². The number of para-hydroxylation sites is 1. The lowest BCUT2D eigenvalue weighted by Crippen LogP contribution is -2.05. The van der Waals surface area contributed by atoms with Crippen LogP contribution in [0.2, 0.25) is 0 Å². The molecule has 0 spiro atoms. The Morgan fingerprint density at radius 1 is 1.25 bits per heavy atom. The third-order valence-electron chi connectivity index (χ3n) is 2.64. The number of nitrogens with one attached hydrogen (secondary N) is 1. The highest BCUT2D eigenvalue weighted by atomic mass is 15.3. The molecule has 0 aliphatic heterocycles. The van der Waals surface area contributed by atoms with E-state index in [-0.39, 0.29) is 0 Å². The second-order valence-corrected chi connectivity index (χ2v) is 3.82. The molecule has 2 rings (SSSR count). The van der Waals surface area contributed by atoms with Gasteiger partial charge in [-0.05, 0) is 24.6 Å². The Labute approximate surface area is 96.1 Å². The first-order valence-electron chi connectivity index (χ1n) is 5.60. The molecule has 0 saturated heterocycles. The van der Waals surface area contributed by atoms with E-state index in [4.69, 9.17) is 0 Å². The fraction of sp³-hybridized carbons (Fsp3) is 0.308. The first-order chi connectivity index (χ1) is 7.79. The lowest BCUT2D eigenvalue weighted by molar-refractivity contribution is 0.707. The first-order valence-corrected chi connectivity index (χ1v) is 5.60. The monoisotopic (exact) mass is 215 g/mol. The van der Waals surface area contributed by atoms with Gasteiger partial charge in [0, 0.05) is 12.7 Å². The number of anilines is 1. The molecule has 0 aliphatic rings. The Balaban J connectivity index is 2.02. The standard InChI is InChI=1S/C13H17N3/c1-3-11-9-13(16(2)15-11)10-14-12-7-5-4-6-8-12/h4-9,14H,3,10H2,1-2H3. The molecule has 0 atom stereocenters. The Morgan fingerprint density at radius 3 is 2.62 bits per heavy atom. The van der Waals surface area contributed by atoms with Crippen molar-refractivity contribution in [3.05, 3.63) is 47.8 Å². The summed E-state index contributed by atoms with van der Waals surface area (Å²) >= 11 is 0. The van der Waals surface area contributed by atoms with Gasteiger partial charge in [-0.2, -0.15) is 5.10 Å². The third-order valence-corrected chi connectivity index (χ3v) is 2.64. The number of rotatable bonds is 4. The molecule has 0 fully saturated rings. The molecule has 0 radical (unpaired) electrons. The number of nitrogens with zero attached hydrogens (tertiary/aromatic N) is 2. The predicted molar refractivity (Wildman–Crippen MR) is 66.4 cm³/mol. The second kappa shape index (κ2) is 4.84. The van der Waals surface area contributed by atoms with Crippen LogP contribution >= 0.6 is 0 Å². The van der Waals surface area contributed by atoms with E-state index < -0.39 is 0 Å². The predicted octanol–water partition coefficient (Wildman–Crippen LogP) is 2.59. The van der Waals surface area contributed by atoms with Crippen molar-refractivity contribution in [1.29, 1.82) is 0 Å². The van der Waals surface area contributed by atoms with Crippen LogP contribution in [0.5, 0.6) is 0 Å². The molecular weight excluding hydrogens is 198 g/mol. The minimum absolute atomic E-state index is 0.813. The lowest BCUT2D eigenvalue weighted by Gasteiger charge is -2.05. The van der Waals surface area contributed by atoms with E-state index in [1.165, 1.54) is 5.69 Å². The van der Waals surface area contributed by atoms with Crippen molar-refractivity contribution in [1.82, 2.24) is 9.78 Å². The van der Waals surface area contributed by atoms with E-state index in [9.17, 15) is 0 Å². The van der Waals surface area contributed by atoms with Crippen molar-refractivity contribution in [3.63, 3.8) is 0 Å². The zero-order valence-electron chi connectivity index (χ0n) is 9.77. The molecule has 1 aromatic heterocycles. The average Bonchev–Trinajstić information content (AvgIpc) is 2.69. The molecule has 0 bridgehead atoms. The van der Waals surface area contributed by atoms with Gasteiger partial charge >= 0.3 is 0 Å². The molecule has 1 heterocycles. The Morgan fingerprint density at radius 2 is 2.00 bits per heavy atom. The van der Waals surface area contributed by atoms with Gasteiger partial charge in [0.2, 0.25) is 0 Å².